The van der Waals surface area contributed by atoms with Gasteiger partial charge in [-0.25, -0.2) is 9.37 Å². The van der Waals surface area contributed by atoms with Gasteiger partial charge in [-0.05, 0) is 18.3 Å². The highest BCUT2D eigenvalue weighted by Gasteiger charge is 2.46. The van der Waals surface area contributed by atoms with Crippen molar-refractivity contribution in [2.45, 2.75) is 52.9 Å². The molecular weight excluding hydrogens is 311 g/mol. The number of alkyl halides is 1. The molecule has 24 heavy (non-hydrogen) atoms. The van der Waals surface area contributed by atoms with Crippen LogP contribution in [0.1, 0.15) is 49.8 Å². The van der Waals surface area contributed by atoms with Crippen molar-refractivity contribution in [3.8, 4) is 0 Å². The second kappa shape index (κ2) is 6.18. The molecular formula is C17H25FN4O2. The molecule has 2 atom stereocenters. The molecule has 0 unspecified atom stereocenters. The number of fused-ring (bicyclic) bond motifs is 1. The molecule has 1 aliphatic carbocycles. The van der Waals surface area contributed by atoms with Gasteiger partial charge in [0.2, 0.25) is 5.91 Å². The molecule has 1 aliphatic heterocycles. The minimum atomic E-state index is -1.000. The van der Waals surface area contributed by atoms with Gasteiger partial charge in [0.1, 0.15) is 6.17 Å². The van der Waals surface area contributed by atoms with Crippen LogP contribution < -0.4 is 5.32 Å². The third-order valence-corrected chi connectivity index (χ3v) is 4.45. The summed E-state index contributed by atoms with van der Waals surface area (Å²) in [6, 6.07) is 0. The Morgan fingerprint density at radius 3 is 2.71 bits per heavy atom. The quantitative estimate of drug-likeness (QED) is 0.914. The van der Waals surface area contributed by atoms with Crippen LogP contribution in [0.3, 0.4) is 0 Å². The molecule has 0 saturated heterocycles. The van der Waals surface area contributed by atoms with Crippen molar-refractivity contribution in [3.63, 3.8) is 0 Å². The van der Waals surface area contributed by atoms with Crippen molar-refractivity contribution in [1.29, 1.82) is 0 Å². The second-order valence-corrected chi connectivity index (χ2v) is 7.95. The minimum Gasteiger partial charge on any atom is -0.350 e. The fourth-order valence-electron chi connectivity index (χ4n) is 2.92. The molecule has 1 fully saturated rings. The van der Waals surface area contributed by atoms with E-state index in [-0.39, 0.29) is 17.2 Å². The first-order valence-corrected chi connectivity index (χ1v) is 8.51. The highest BCUT2D eigenvalue weighted by molar-refractivity contribution is 5.93. The first kappa shape index (κ1) is 16.9. The Labute approximate surface area is 141 Å². The van der Waals surface area contributed by atoms with Gasteiger partial charge < -0.3 is 14.8 Å². The molecule has 1 saturated carbocycles. The van der Waals surface area contributed by atoms with Crippen LogP contribution in [-0.2, 0) is 17.9 Å². The number of nitrogens with one attached hydrogen (secondary N) is 1. The summed E-state index contributed by atoms with van der Waals surface area (Å²) < 4.78 is 15.1. The van der Waals surface area contributed by atoms with Gasteiger partial charge in [-0.2, -0.15) is 0 Å². The van der Waals surface area contributed by atoms with Gasteiger partial charge in [-0.1, -0.05) is 20.8 Å². The number of hydrogen-bond donors (Lipinski definition) is 1. The largest absolute Gasteiger partial charge is 0.350 e. The van der Waals surface area contributed by atoms with Gasteiger partial charge in [0, 0.05) is 19.6 Å². The van der Waals surface area contributed by atoms with Crippen LogP contribution in [0.25, 0.3) is 0 Å². The van der Waals surface area contributed by atoms with E-state index >= 15 is 0 Å². The standard InChI is InChI=1S/C17H25FN4O2/c1-17(2,3)9-19-15(23)14-13-8-21(16(24)11-7-12(11)18)5-4-6-22(13)10-20-14/h10-12H,4-9H2,1-3H3,(H,19,23)/t11-,12-/m1/s1. The molecule has 132 valence electrons. The molecule has 0 aromatic carbocycles. The molecule has 1 N–H and O–H groups in total. The first-order valence-electron chi connectivity index (χ1n) is 8.51. The Bertz CT molecular complexity index is 650. The molecule has 7 heteroatoms. The zero-order chi connectivity index (χ0) is 17.5. The smallest absolute Gasteiger partial charge is 0.271 e. The van der Waals surface area contributed by atoms with Gasteiger partial charge in [-0.15, -0.1) is 0 Å². The van der Waals surface area contributed by atoms with Crippen molar-refractivity contribution in [1.82, 2.24) is 19.8 Å². The summed E-state index contributed by atoms with van der Waals surface area (Å²) in [5.41, 5.74) is 1.09. The van der Waals surface area contributed by atoms with Crippen LogP contribution in [0, 0.1) is 11.3 Å². The monoisotopic (exact) mass is 336 g/mol. The van der Waals surface area contributed by atoms with E-state index < -0.39 is 12.1 Å². The number of carbonyl (C=O) groups excluding carboxylic acids is 2. The maximum absolute atomic E-state index is 13.2. The van der Waals surface area contributed by atoms with Gasteiger partial charge in [0.15, 0.2) is 5.69 Å². The number of aromatic nitrogens is 2. The molecule has 2 amide bonds. The van der Waals surface area contributed by atoms with Crippen LogP contribution >= 0.6 is 0 Å². The first-order chi connectivity index (χ1) is 11.3. The molecule has 2 heterocycles. The summed E-state index contributed by atoms with van der Waals surface area (Å²) in [4.78, 5) is 30.7. The zero-order valence-corrected chi connectivity index (χ0v) is 14.5. The number of amides is 2. The van der Waals surface area contributed by atoms with Crippen LogP contribution in [0.15, 0.2) is 6.33 Å². The Hall–Kier alpha value is -1.92. The predicted molar refractivity (Wildman–Crippen MR) is 87.1 cm³/mol. The average Bonchev–Trinajstić information content (AvgIpc) is 3.17. The third kappa shape index (κ3) is 3.60. The summed E-state index contributed by atoms with van der Waals surface area (Å²) in [5.74, 6) is -0.849. The van der Waals surface area contributed by atoms with E-state index in [4.69, 9.17) is 0 Å². The van der Waals surface area contributed by atoms with Gasteiger partial charge in [0.25, 0.3) is 5.91 Å². The highest BCUT2D eigenvalue weighted by Crippen LogP contribution is 2.36. The van der Waals surface area contributed by atoms with E-state index in [1.54, 1.807) is 11.2 Å². The molecule has 6 nitrogen and oxygen atoms in total. The predicted octanol–water partition coefficient (Wildman–Crippen LogP) is 1.75. The Morgan fingerprint density at radius 2 is 2.08 bits per heavy atom. The summed E-state index contributed by atoms with van der Waals surface area (Å²) >= 11 is 0. The van der Waals surface area contributed by atoms with E-state index in [1.165, 1.54) is 0 Å². The topological polar surface area (TPSA) is 67.2 Å². The lowest BCUT2D eigenvalue weighted by molar-refractivity contribution is -0.133. The van der Waals surface area contributed by atoms with E-state index in [0.717, 1.165) is 12.1 Å². The Kier molecular flexibility index (Phi) is 4.36. The van der Waals surface area contributed by atoms with Crippen molar-refractivity contribution < 1.29 is 14.0 Å². The summed E-state index contributed by atoms with van der Waals surface area (Å²) in [7, 11) is 0. The maximum Gasteiger partial charge on any atom is 0.271 e. The van der Waals surface area contributed by atoms with E-state index in [9.17, 15) is 14.0 Å². The summed E-state index contributed by atoms with van der Waals surface area (Å²) in [5, 5.41) is 2.90. The molecule has 0 spiro atoms. The fourth-order valence-corrected chi connectivity index (χ4v) is 2.92. The third-order valence-electron chi connectivity index (χ3n) is 4.45. The van der Waals surface area contributed by atoms with E-state index in [0.29, 0.717) is 38.3 Å². The lowest BCUT2D eigenvalue weighted by Gasteiger charge is -2.21. The second-order valence-electron chi connectivity index (χ2n) is 7.95. The van der Waals surface area contributed by atoms with Crippen LogP contribution in [0.5, 0.6) is 0 Å². The molecule has 1 aromatic rings. The van der Waals surface area contributed by atoms with Crippen LogP contribution in [-0.4, -0.2) is 45.5 Å². The highest BCUT2D eigenvalue weighted by atomic mass is 19.1. The van der Waals surface area contributed by atoms with Crippen molar-refractivity contribution in [3.05, 3.63) is 17.7 Å². The number of carbonyl (C=O) groups is 2. The van der Waals surface area contributed by atoms with Crippen molar-refractivity contribution in [2.24, 2.45) is 11.3 Å². The normalized spacial score (nSPS) is 23.4. The fraction of sp³-hybridized carbons (Fsp3) is 0.706. The molecule has 3 rings (SSSR count). The van der Waals surface area contributed by atoms with Gasteiger partial charge in [-0.3, -0.25) is 9.59 Å². The molecule has 0 bridgehead atoms. The number of rotatable bonds is 3. The Morgan fingerprint density at radius 1 is 1.38 bits per heavy atom. The number of aryl methyl sites for hydroxylation is 1. The minimum absolute atomic E-state index is 0.0174. The molecule has 2 aliphatic rings. The lowest BCUT2D eigenvalue weighted by Crippen LogP contribution is -2.35. The number of imidazole rings is 1. The number of halogens is 1. The van der Waals surface area contributed by atoms with Gasteiger partial charge >= 0.3 is 0 Å². The van der Waals surface area contributed by atoms with Crippen molar-refractivity contribution in [2.75, 3.05) is 13.1 Å². The number of nitrogens with zero attached hydrogens (tertiary/aromatic N) is 3. The average molecular weight is 336 g/mol. The zero-order valence-electron chi connectivity index (χ0n) is 14.5. The van der Waals surface area contributed by atoms with Gasteiger partial charge in [0.05, 0.1) is 24.5 Å². The molecule has 1 aromatic heterocycles. The SMILES string of the molecule is CC(C)(C)CNC(=O)c1ncn2c1CN(C(=O)[C@@H]1C[C@H]1F)CCC2. The van der Waals surface area contributed by atoms with Crippen LogP contribution in [0.4, 0.5) is 4.39 Å². The maximum atomic E-state index is 13.2. The Balaban J connectivity index is 1.74. The van der Waals surface area contributed by atoms with E-state index in [1.807, 2.05) is 25.3 Å². The molecule has 0 radical (unpaired) electrons. The summed E-state index contributed by atoms with van der Waals surface area (Å²) in [6.07, 6.45) is 1.76. The van der Waals surface area contributed by atoms with Crippen molar-refractivity contribution >= 4 is 11.8 Å². The summed E-state index contributed by atoms with van der Waals surface area (Å²) in [6.45, 7) is 8.31. The number of hydrogen-bond acceptors (Lipinski definition) is 3. The van der Waals surface area contributed by atoms with Crippen LogP contribution in [0.2, 0.25) is 0 Å². The van der Waals surface area contributed by atoms with E-state index in [2.05, 4.69) is 10.3 Å². The lowest BCUT2D eigenvalue weighted by atomic mass is 9.97.